The molecule has 118 valence electrons. The molecule has 0 aliphatic carbocycles. The maximum atomic E-state index is 11.6. The van der Waals surface area contributed by atoms with E-state index in [2.05, 4.69) is 5.32 Å². The summed E-state index contributed by atoms with van der Waals surface area (Å²) in [6, 6.07) is 3.13. The first kappa shape index (κ1) is 17.1. The molecule has 6 heteroatoms. The van der Waals surface area contributed by atoms with Crippen molar-refractivity contribution in [3.63, 3.8) is 0 Å². The van der Waals surface area contributed by atoms with Crippen LogP contribution in [0.5, 0.6) is 17.2 Å². The Hall–Kier alpha value is -1.95. The fourth-order valence-corrected chi connectivity index (χ4v) is 1.86. The van der Waals surface area contributed by atoms with Gasteiger partial charge in [0.05, 0.1) is 33.5 Å². The van der Waals surface area contributed by atoms with Crippen LogP contribution in [-0.4, -0.2) is 39.9 Å². The van der Waals surface area contributed by atoms with Gasteiger partial charge in [-0.3, -0.25) is 4.79 Å². The summed E-state index contributed by atoms with van der Waals surface area (Å²) in [6.07, 6.45) is 0. The Kier molecular flexibility index (Phi) is 6.81. The van der Waals surface area contributed by atoms with E-state index in [1.807, 2.05) is 0 Å². The summed E-state index contributed by atoms with van der Waals surface area (Å²) in [4.78, 5) is 11.6. The van der Waals surface area contributed by atoms with Gasteiger partial charge in [0.15, 0.2) is 0 Å². The number of hydrogen-bond donors (Lipinski definition) is 1. The van der Waals surface area contributed by atoms with Gasteiger partial charge in [-0.1, -0.05) is 0 Å². The van der Waals surface area contributed by atoms with E-state index in [4.69, 9.17) is 18.9 Å². The van der Waals surface area contributed by atoms with E-state index in [9.17, 15) is 4.79 Å². The van der Waals surface area contributed by atoms with Crippen molar-refractivity contribution >= 4 is 5.97 Å². The molecule has 0 amide bonds. The zero-order chi connectivity index (χ0) is 15.8. The molecule has 0 heterocycles. The average molecular weight is 297 g/mol. The largest absolute Gasteiger partial charge is 0.496 e. The predicted molar refractivity (Wildman–Crippen MR) is 79.0 cm³/mol. The number of benzene rings is 1. The highest BCUT2D eigenvalue weighted by Gasteiger charge is 2.17. The molecule has 1 N–H and O–H groups in total. The highest BCUT2D eigenvalue weighted by Crippen LogP contribution is 2.33. The standard InChI is InChI=1S/C15H23NO5/c1-6-21-15(17)10(2)16-9-12-13(19-4)7-11(18-3)8-14(12)20-5/h7-8,10,16H,6,9H2,1-5H3/t10-/m0/s1. The topological polar surface area (TPSA) is 66.0 Å². The second kappa shape index (κ2) is 8.36. The maximum absolute atomic E-state index is 11.6. The fourth-order valence-electron chi connectivity index (χ4n) is 1.86. The third kappa shape index (κ3) is 4.53. The molecular formula is C15H23NO5. The molecule has 1 rings (SSSR count). The number of esters is 1. The van der Waals surface area contributed by atoms with Crippen molar-refractivity contribution in [3.05, 3.63) is 17.7 Å². The molecule has 0 aliphatic rings. The molecular weight excluding hydrogens is 274 g/mol. The number of carbonyl (C=O) groups is 1. The Labute approximate surface area is 125 Å². The van der Waals surface area contributed by atoms with Crippen LogP contribution in [0.15, 0.2) is 12.1 Å². The summed E-state index contributed by atoms with van der Waals surface area (Å²) in [6.45, 7) is 4.30. The Morgan fingerprint density at radius 1 is 1.14 bits per heavy atom. The number of rotatable bonds is 8. The van der Waals surface area contributed by atoms with Crippen molar-refractivity contribution < 1.29 is 23.7 Å². The summed E-state index contributed by atoms with van der Waals surface area (Å²) in [5.41, 5.74) is 0.817. The number of carbonyl (C=O) groups excluding carboxylic acids is 1. The Balaban J connectivity index is 2.89. The molecule has 0 aromatic heterocycles. The van der Waals surface area contributed by atoms with Crippen LogP contribution in [0.2, 0.25) is 0 Å². The molecule has 21 heavy (non-hydrogen) atoms. The lowest BCUT2D eigenvalue weighted by molar-refractivity contribution is -0.145. The van der Waals surface area contributed by atoms with Crippen molar-refractivity contribution in [1.82, 2.24) is 5.32 Å². The van der Waals surface area contributed by atoms with Gasteiger partial charge in [-0.05, 0) is 13.8 Å². The number of methoxy groups -OCH3 is 3. The molecule has 6 nitrogen and oxygen atoms in total. The van der Waals surface area contributed by atoms with Gasteiger partial charge in [-0.15, -0.1) is 0 Å². The van der Waals surface area contributed by atoms with Crippen LogP contribution in [0.3, 0.4) is 0 Å². The van der Waals surface area contributed by atoms with E-state index in [0.717, 1.165) is 5.56 Å². The number of ether oxygens (including phenoxy) is 4. The summed E-state index contributed by atoms with van der Waals surface area (Å²) in [7, 11) is 4.73. The van der Waals surface area contributed by atoms with Crippen molar-refractivity contribution in [2.45, 2.75) is 26.4 Å². The van der Waals surface area contributed by atoms with Gasteiger partial charge in [-0.25, -0.2) is 0 Å². The normalized spacial score (nSPS) is 11.7. The van der Waals surface area contributed by atoms with Crippen LogP contribution in [0.4, 0.5) is 0 Å². The van der Waals surface area contributed by atoms with E-state index >= 15 is 0 Å². The first-order valence-corrected chi connectivity index (χ1v) is 6.76. The Morgan fingerprint density at radius 3 is 2.14 bits per heavy atom. The molecule has 1 atom stereocenters. The summed E-state index contributed by atoms with van der Waals surface area (Å²) in [5.74, 6) is 1.62. The third-order valence-electron chi connectivity index (χ3n) is 3.04. The first-order chi connectivity index (χ1) is 10.1. The van der Waals surface area contributed by atoms with Crippen LogP contribution >= 0.6 is 0 Å². The predicted octanol–water partition coefficient (Wildman–Crippen LogP) is 1.75. The molecule has 0 saturated heterocycles. The highest BCUT2D eigenvalue weighted by molar-refractivity contribution is 5.75. The molecule has 1 aromatic rings. The monoisotopic (exact) mass is 297 g/mol. The van der Waals surface area contributed by atoms with Crippen molar-refractivity contribution in [3.8, 4) is 17.2 Å². The van der Waals surface area contributed by atoms with Gasteiger partial charge in [0.1, 0.15) is 23.3 Å². The van der Waals surface area contributed by atoms with Crippen LogP contribution in [0.1, 0.15) is 19.4 Å². The van der Waals surface area contributed by atoms with Gasteiger partial charge >= 0.3 is 5.97 Å². The summed E-state index contributed by atoms with van der Waals surface area (Å²) >= 11 is 0. The van der Waals surface area contributed by atoms with Gasteiger partial charge in [0.2, 0.25) is 0 Å². The zero-order valence-corrected chi connectivity index (χ0v) is 13.2. The quantitative estimate of drug-likeness (QED) is 0.738. The van der Waals surface area contributed by atoms with E-state index < -0.39 is 6.04 Å². The van der Waals surface area contributed by atoms with Crippen LogP contribution < -0.4 is 19.5 Å². The summed E-state index contributed by atoms with van der Waals surface area (Å²) < 4.78 is 20.9. The molecule has 0 fully saturated rings. The third-order valence-corrected chi connectivity index (χ3v) is 3.04. The zero-order valence-electron chi connectivity index (χ0n) is 13.2. The lowest BCUT2D eigenvalue weighted by Gasteiger charge is -2.17. The average Bonchev–Trinajstić information content (AvgIpc) is 2.51. The molecule has 1 aromatic carbocycles. The van der Waals surface area contributed by atoms with Crippen LogP contribution in [-0.2, 0) is 16.1 Å². The van der Waals surface area contributed by atoms with Crippen LogP contribution in [0.25, 0.3) is 0 Å². The van der Waals surface area contributed by atoms with E-state index in [1.54, 1.807) is 47.3 Å². The minimum absolute atomic E-state index is 0.288. The van der Waals surface area contributed by atoms with E-state index in [-0.39, 0.29) is 5.97 Å². The van der Waals surface area contributed by atoms with E-state index in [1.165, 1.54) is 0 Å². The summed E-state index contributed by atoms with van der Waals surface area (Å²) in [5, 5.41) is 3.10. The molecule has 0 bridgehead atoms. The minimum Gasteiger partial charge on any atom is -0.496 e. The lowest BCUT2D eigenvalue weighted by atomic mass is 10.1. The fraction of sp³-hybridized carbons (Fsp3) is 0.533. The van der Waals surface area contributed by atoms with Gasteiger partial charge < -0.3 is 24.3 Å². The Morgan fingerprint density at radius 2 is 1.71 bits per heavy atom. The van der Waals surface area contributed by atoms with Gasteiger partial charge in [0.25, 0.3) is 0 Å². The van der Waals surface area contributed by atoms with Crippen molar-refractivity contribution in [2.75, 3.05) is 27.9 Å². The second-order valence-corrected chi connectivity index (χ2v) is 4.37. The van der Waals surface area contributed by atoms with Crippen LogP contribution in [0, 0.1) is 0 Å². The van der Waals surface area contributed by atoms with Crippen molar-refractivity contribution in [2.24, 2.45) is 0 Å². The number of nitrogens with one attached hydrogen (secondary N) is 1. The maximum Gasteiger partial charge on any atom is 0.322 e. The SMILES string of the molecule is CCOC(=O)[C@H](C)NCc1c(OC)cc(OC)cc1OC. The van der Waals surface area contributed by atoms with Gasteiger partial charge in [0, 0.05) is 18.7 Å². The lowest BCUT2D eigenvalue weighted by Crippen LogP contribution is -2.35. The van der Waals surface area contributed by atoms with Gasteiger partial charge in [-0.2, -0.15) is 0 Å². The minimum atomic E-state index is -0.415. The molecule has 0 radical (unpaired) electrons. The molecule has 0 spiro atoms. The first-order valence-electron chi connectivity index (χ1n) is 6.76. The second-order valence-electron chi connectivity index (χ2n) is 4.37. The Bertz CT molecular complexity index is 450. The highest BCUT2D eigenvalue weighted by atomic mass is 16.5. The number of hydrogen-bond acceptors (Lipinski definition) is 6. The molecule has 0 aliphatic heterocycles. The molecule has 0 saturated carbocycles. The smallest absolute Gasteiger partial charge is 0.322 e. The van der Waals surface area contributed by atoms with Crippen molar-refractivity contribution in [1.29, 1.82) is 0 Å². The van der Waals surface area contributed by atoms with E-state index in [0.29, 0.717) is 30.4 Å². The molecule has 0 unspecified atom stereocenters.